The summed E-state index contributed by atoms with van der Waals surface area (Å²) in [5, 5.41) is 4.38. The van der Waals surface area contributed by atoms with Gasteiger partial charge in [0.1, 0.15) is 11.6 Å². The van der Waals surface area contributed by atoms with Crippen LogP contribution in [0.25, 0.3) is 65.9 Å². The number of aryl methyl sites for hydroxylation is 2. The van der Waals surface area contributed by atoms with Crippen LogP contribution in [0.1, 0.15) is 11.1 Å². The predicted octanol–water partition coefficient (Wildman–Crippen LogP) is 10.4. The van der Waals surface area contributed by atoms with Crippen LogP contribution in [0.2, 0.25) is 0 Å². The topological polar surface area (TPSA) is 19.1 Å². The van der Waals surface area contributed by atoms with Crippen LogP contribution in [0.5, 0.6) is 0 Å². The highest BCUT2D eigenvalue weighted by Crippen LogP contribution is 2.39. The van der Waals surface area contributed by atoms with E-state index in [1.54, 1.807) is 24.3 Å². The number of rotatable bonds is 8. The molecule has 47 heavy (non-hydrogen) atoms. The number of hydrogen-bond donors (Lipinski definition) is 0. The van der Waals surface area contributed by atoms with E-state index >= 15 is 0 Å². The van der Waals surface area contributed by atoms with Crippen LogP contribution >= 0.6 is 0 Å². The minimum Gasteiger partial charge on any atom is -0.381 e. The SMILES string of the molecule is Cn1c2cc(F)ccc2c2c(-c3ccccc3)cc(CCOCCc3cc(-c4ccccc4)c4c5ccc(F)cc5n(C)c4c3)cc21. The molecule has 5 heteroatoms. The maximum atomic E-state index is 14.2. The maximum absolute atomic E-state index is 14.2. The molecule has 0 bridgehead atoms. The lowest BCUT2D eigenvalue weighted by Crippen LogP contribution is -2.04. The highest BCUT2D eigenvalue weighted by molar-refractivity contribution is 6.16. The van der Waals surface area contributed by atoms with E-state index in [0.29, 0.717) is 13.2 Å². The Morgan fingerprint density at radius 3 is 1.34 bits per heavy atom. The van der Waals surface area contributed by atoms with Gasteiger partial charge in [-0.15, -0.1) is 0 Å². The normalized spacial score (nSPS) is 11.8. The average Bonchev–Trinajstić information content (AvgIpc) is 3.54. The van der Waals surface area contributed by atoms with E-state index in [0.717, 1.165) is 78.7 Å². The fourth-order valence-electron chi connectivity index (χ4n) is 7.17. The van der Waals surface area contributed by atoms with Gasteiger partial charge in [-0.2, -0.15) is 0 Å². The van der Waals surface area contributed by atoms with E-state index in [4.69, 9.17) is 4.74 Å². The van der Waals surface area contributed by atoms with Gasteiger partial charge in [-0.3, -0.25) is 0 Å². The quantitative estimate of drug-likeness (QED) is 0.155. The summed E-state index contributed by atoms with van der Waals surface area (Å²) in [7, 11) is 4.01. The first kappa shape index (κ1) is 29.2. The number of hydrogen-bond acceptors (Lipinski definition) is 1. The van der Waals surface area contributed by atoms with Gasteiger partial charge in [-0.1, -0.05) is 72.8 Å². The summed E-state index contributed by atoms with van der Waals surface area (Å²) in [4.78, 5) is 0. The first-order valence-corrected chi connectivity index (χ1v) is 16.1. The van der Waals surface area contributed by atoms with Gasteiger partial charge < -0.3 is 13.9 Å². The van der Waals surface area contributed by atoms with Crippen molar-refractivity contribution >= 4 is 43.6 Å². The van der Waals surface area contributed by atoms with E-state index in [1.807, 2.05) is 38.4 Å². The zero-order valence-corrected chi connectivity index (χ0v) is 26.4. The summed E-state index contributed by atoms with van der Waals surface area (Å²) in [5.74, 6) is -0.467. The van der Waals surface area contributed by atoms with Crippen LogP contribution in [0, 0.1) is 11.6 Å². The molecule has 8 rings (SSSR count). The van der Waals surface area contributed by atoms with Crippen molar-refractivity contribution in [2.45, 2.75) is 12.8 Å². The third-order valence-corrected chi connectivity index (χ3v) is 9.50. The Morgan fingerprint density at radius 1 is 0.489 bits per heavy atom. The summed E-state index contributed by atoms with van der Waals surface area (Å²) in [6.45, 7) is 1.17. The molecule has 8 aromatic rings. The van der Waals surface area contributed by atoms with Crippen molar-refractivity contribution in [3.8, 4) is 22.3 Å². The molecule has 2 heterocycles. The molecule has 0 aliphatic carbocycles. The predicted molar refractivity (Wildman–Crippen MR) is 190 cm³/mol. The molecular weight excluding hydrogens is 586 g/mol. The van der Waals surface area contributed by atoms with Crippen LogP contribution in [0.4, 0.5) is 8.78 Å². The molecule has 0 N–H and O–H groups in total. The number of aromatic nitrogens is 2. The molecule has 0 aliphatic heterocycles. The number of halogens is 2. The number of benzene rings is 6. The van der Waals surface area contributed by atoms with Gasteiger partial charge in [0.25, 0.3) is 0 Å². The van der Waals surface area contributed by atoms with Gasteiger partial charge >= 0.3 is 0 Å². The van der Waals surface area contributed by atoms with Crippen molar-refractivity contribution in [3.63, 3.8) is 0 Å². The molecule has 0 unspecified atom stereocenters. The molecule has 2 aromatic heterocycles. The van der Waals surface area contributed by atoms with Gasteiger partial charge in [0.05, 0.1) is 24.2 Å². The molecule has 0 saturated heterocycles. The molecule has 6 aromatic carbocycles. The maximum Gasteiger partial charge on any atom is 0.125 e. The fraction of sp³-hybridized carbons (Fsp3) is 0.143. The summed E-state index contributed by atoms with van der Waals surface area (Å²) in [5.41, 5.74) is 10.9. The Hall–Kier alpha value is -5.26. The summed E-state index contributed by atoms with van der Waals surface area (Å²) >= 11 is 0. The van der Waals surface area contributed by atoms with E-state index in [-0.39, 0.29) is 11.6 Å². The molecular formula is C42H34F2N2O. The second-order valence-corrected chi connectivity index (χ2v) is 12.4. The van der Waals surface area contributed by atoms with Crippen molar-refractivity contribution < 1.29 is 13.5 Å². The highest BCUT2D eigenvalue weighted by Gasteiger charge is 2.17. The molecule has 0 saturated carbocycles. The van der Waals surface area contributed by atoms with Crippen molar-refractivity contribution in [1.29, 1.82) is 0 Å². The molecule has 0 amide bonds. The van der Waals surface area contributed by atoms with Crippen molar-refractivity contribution in [2.24, 2.45) is 14.1 Å². The van der Waals surface area contributed by atoms with Crippen molar-refractivity contribution in [2.75, 3.05) is 13.2 Å². The first-order chi connectivity index (χ1) is 23.0. The zero-order chi connectivity index (χ0) is 32.1. The summed E-state index contributed by atoms with van der Waals surface area (Å²) < 4.78 is 38.9. The average molecular weight is 621 g/mol. The van der Waals surface area contributed by atoms with Gasteiger partial charge in [0, 0.05) is 46.7 Å². The molecule has 0 atom stereocenters. The zero-order valence-electron chi connectivity index (χ0n) is 26.4. The van der Waals surface area contributed by atoms with E-state index < -0.39 is 0 Å². The van der Waals surface area contributed by atoms with Crippen LogP contribution in [-0.2, 0) is 31.7 Å². The van der Waals surface area contributed by atoms with Gasteiger partial charge in [0.15, 0.2) is 0 Å². The number of nitrogens with zero attached hydrogens (tertiary/aromatic N) is 2. The van der Waals surface area contributed by atoms with Crippen LogP contribution in [0.3, 0.4) is 0 Å². The van der Waals surface area contributed by atoms with Crippen molar-refractivity contribution in [1.82, 2.24) is 9.13 Å². The standard InChI is InChI=1S/C42H34F2N2O/c1-45-37-25-31(43)13-15-33(37)41-35(29-9-5-3-6-10-29)21-27(23-39(41)45)17-19-47-20-18-28-22-36(30-11-7-4-8-12-30)42-34-16-14-32(44)26-38(34)46(2)40(42)24-28/h3-16,21-26H,17-20H2,1-2H3. The lowest BCUT2D eigenvalue weighted by molar-refractivity contribution is 0.140. The molecule has 0 spiro atoms. The van der Waals surface area contributed by atoms with Gasteiger partial charge in [-0.25, -0.2) is 8.78 Å². The smallest absolute Gasteiger partial charge is 0.125 e. The second-order valence-electron chi connectivity index (χ2n) is 12.4. The Labute approximate surface area is 272 Å². The van der Waals surface area contributed by atoms with Gasteiger partial charge in [-0.05, 0) is 94.8 Å². The summed E-state index contributed by atoms with van der Waals surface area (Å²) in [6, 6.07) is 39.8. The Balaban J connectivity index is 1.07. The Morgan fingerprint density at radius 2 is 0.915 bits per heavy atom. The van der Waals surface area contributed by atoms with Crippen LogP contribution in [0.15, 0.2) is 121 Å². The van der Waals surface area contributed by atoms with E-state index in [1.165, 1.54) is 11.1 Å². The molecule has 232 valence electrons. The molecule has 0 fully saturated rings. The second kappa shape index (κ2) is 11.8. The summed E-state index contributed by atoms with van der Waals surface area (Å²) in [6.07, 6.45) is 1.52. The molecule has 3 nitrogen and oxygen atoms in total. The fourth-order valence-corrected chi connectivity index (χ4v) is 7.17. The van der Waals surface area contributed by atoms with E-state index in [2.05, 4.69) is 81.9 Å². The molecule has 0 radical (unpaired) electrons. The van der Waals surface area contributed by atoms with E-state index in [9.17, 15) is 8.78 Å². The van der Waals surface area contributed by atoms with Gasteiger partial charge in [0.2, 0.25) is 0 Å². The molecule has 0 aliphatic rings. The lowest BCUT2D eigenvalue weighted by atomic mass is 9.96. The number of ether oxygens (including phenoxy) is 1. The third-order valence-electron chi connectivity index (χ3n) is 9.50. The van der Waals surface area contributed by atoms with Crippen LogP contribution in [-0.4, -0.2) is 22.3 Å². The highest BCUT2D eigenvalue weighted by atomic mass is 19.1. The number of fused-ring (bicyclic) bond motifs is 6. The minimum absolute atomic E-state index is 0.234. The third kappa shape index (κ3) is 5.17. The lowest BCUT2D eigenvalue weighted by Gasteiger charge is -2.12. The van der Waals surface area contributed by atoms with Crippen molar-refractivity contribution in [3.05, 3.63) is 144 Å². The Bertz CT molecular complexity index is 2250. The van der Waals surface area contributed by atoms with Crippen LogP contribution < -0.4 is 0 Å². The monoisotopic (exact) mass is 620 g/mol. The largest absolute Gasteiger partial charge is 0.381 e. The minimum atomic E-state index is -0.234. The first-order valence-electron chi connectivity index (χ1n) is 16.1. The Kier molecular flexibility index (Phi) is 7.34.